The molecule has 2 N–H and O–H groups in total. The fourth-order valence-electron chi connectivity index (χ4n) is 2.64. The number of hydrogen-bond acceptors (Lipinski definition) is 3. The van der Waals surface area contributed by atoms with Crippen molar-refractivity contribution in [3.63, 3.8) is 0 Å². The molecule has 0 saturated carbocycles. The summed E-state index contributed by atoms with van der Waals surface area (Å²) in [6.45, 7) is 1.11. The Balaban J connectivity index is 0.00000392. The maximum Gasteiger partial charge on any atom is 0.190 e. The first-order chi connectivity index (χ1) is 13.0. The van der Waals surface area contributed by atoms with Gasteiger partial charge in [-0.15, -0.1) is 24.0 Å². The zero-order valence-electron chi connectivity index (χ0n) is 15.9. The fraction of sp³-hybridized carbons (Fsp3) is 0.350. The molecule has 8 heteroatoms. The second kappa shape index (κ2) is 12.7. The van der Waals surface area contributed by atoms with Gasteiger partial charge in [0.05, 0.1) is 11.5 Å². The summed E-state index contributed by atoms with van der Waals surface area (Å²) < 4.78 is 37.5. The Hall–Kier alpha value is -1.68. The van der Waals surface area contributed by atoms with Crippen LogP contribution in [0.25, 0.3) is 0 Å². The van der Waals surface area contributed by atoms with E-state index in [-0.39, 0.29) is 41.3 Å². The monoisotopic (exact) mass is 519 g/mol. The van der Waals surface area contributed by atoms with Crippen LogP contribution in [0.3, 0.4) is 0 Å². The fourth-order valence-corrected chi connectivity index (χ4v) is 4.07. The number of nitrogens with one attached hydrogen (secondary N) is 2. The lowest BCUT2D eigenvalue weighted by molar-refractivity contribution is 0.591. The second-order valence-corrected chi connectivity index (χ2v) is 8.42. The highest BCUT2D eigenvalue weighted by Gasteiger charge is 2.11. The van der Waals surface area contributed by atoms with Crippen LogP contribution >= 0.6 is 24.0 Å². The Bertz CT molecular complexity index is 846. The van der Waals surface area contributed by atoms with Gasteiger partial charge >= 0.3 is 0 Å². The van der Waals surface area contributed by atoms with Gasteiger partial charge in [0.25, 0.3) is 0 Å². The molecule has 0 unspecified atom stereocenters. The molecule has 0 saturated heterocycles. The van der Waals surface area contributed by atoms with Gasteiger partial charge in [-0.3, -0.25) is 4.99 Å². The van der Waals surface area contributed by atoms with Gasteiger partial charge in [-0.2, -0.15) is 0 Å². The molecular weight excluding hydrogens is 492 g/mol. The molecule has 0 aromatic heterocycles. The van der Waals surface area contributed by atoms with Gasteiger partial charge in [0.1, 0.15) is 5.82 Å². The first-order valence-electron chi connectivity index (χ1n) is 8.92. The predicted octanol–water partition coefficient (Wildman–Crippen LogP) is 3.16. The van der Waals surface area contributed by atoms with E-state index in [1.807, 2.05) is 36.4 Å². The maximum absolute atomic E-state index is 13.2. The average Bonchev–Trinajstić information content (AvgIpc) is 2.64. The van der Waals surface area contributed by atoms with Crippen LogP contribution in [0.5, 0.6) is 0 Å². The summed E-state index contributed by atoms with van der Waals surface area (Å²) in [5.41, 5.74) is 1.71. The van der Waals surface area contributed by atoms with Crippen LogP contribution in [-0.2, 0) is 22.0 Å². The van der Waals surface area contributed by atoms with E-state index in [0.717, 1.165) is 11.1 Å². The highest BCUT2D eigenvalue weighted by molar-refractivity contribution is 14.0. The highest BCUT2D eigenvalue weighted by atomic mass is 127. The molecular formula is C20H27FIN3O2S. The number of rotatable bonds is 9. The summed E-state index contributed by atoms with van der Waals surface area (Å²) in [4.78, 5) is 4.11. The quantitative estimate of drug-likeness (QED) is 0.231. The molecule has 5 nitrogen and oxygen atoms in total. The topological polar surface area (TPSA) is 70.6 Å². The molecule has 2 aromatic rings. The summed E-state index contributed by atoms with van der Waals surface area (Å²) in [7, 11) is -1.48. The van der Waals surface area contributed by atoms with Crippen LogP contribution in [0.4, 0.5) is 4.39 Å². The lowest BCUT2D eigenvalue weighted by Crippen LogP contribution is -2.39. The standard InChI is InChI=1S/C20H26FN3O2S.HI/c1-22-20(24-13-11-17-9-5-10-19(21)15-17)23-12-6-14-27(25,26)16-18-7-3-2-4-8-18;/h2-5,7-10,15H,6,11-14,16H2,1H3,(H2,22,23,24);1H. The third kappa shape index (κ3) is 9.50. The van der Waals surface area contributed by atoms with Crippen LogP contribution in [0.2, 0.25) is 0 Å². The molecule has 0 spiro atoms. The molecule has 154 valence electrons. The molecule has 0 amide bonds. The van der Waals surface area contributed by atoms with Crippen LogP contribution in [-0.4, -0.2) is 40.3 Å². The maximum atomic E-state index is 13.2. The minimum Gasteiger partial charge on any atom is -0.356 e. The third-order valence-electron chi connectivity index (χ3n) is 3.97. The largest absolute Gasteiger partial charge is 0.356 e. The van der Waals surface area contributed by atoms with E-state index in [0.29, 0.717) is 31.9 Å². The van der Waals surface area contributed by atoms with Crippen LogP contribution in [0.1, 0.15) is 17.5 Å². The molecule has 0 heterocycles. The summed E-state index contributed by atoms with van der Waals surface area (Å²) in [5, 5.41) is 6.25. The van der Waals surface area contributed by atoms with Crippen LogP contribution in [0, 0.1) is 5.82 Å². The Kier molecular flexibility index (Phi) is 11.1. The number of hydrogen-bond donors (Lipinski definition) is 2. The van der Waals surface area contributed by atoms with Crippen molar-refractivity contribution in [2.75, 3.05) is 25.9 Å². The molecule has 0 aliphatic carbocycles. The molecule has 0 aliphatic rings. The normalized spacial score (nSPS) is 11.6. The zero-order valence-corrected chi connectivity index (χ0v) is 19.0. The summed E-state index contributed by atoms with van der Waals surface area (Å²) in [5.74, 6) is 0.544. The number of benzene rings is 2. The first-order valence-corrected chi connectivity index (χ1v) is 10.7. The van der Waals surface area contributed by atoms with Crippen LogP contribution in [0.15, 0.2) is 59.6 Å². The van der Waals surface area contributed by atoms with Gasteiger partial charge in [0.15, 0.2) is 15.8 Å². The van der Waals surface area contributed by atoms with E-state index in [4.69, 9.17) is 0 Å². The number of guanidine groups is 1. The van der Waals surface area contributed by atoms with E-state index in [9.17, 15) is 12.8 Å². The second-order valence-electron chi connectivity index (χ2n) is 6.24. The van der Waals surface area contributed by atoms with Gasteiger partial charge in [0, 0.05) is 20.1 Å². The van der Waals surface area contributed by atoms with Crippen molar-refractivity contribution in [2.24, 2.45) is 4.99 Å². The van der Waals surface area contributed by atoms with Crippen molar-refractivity contribution in [1.82, 2.24) is 10.6 Å². The van der Waals surface area contributed by atoms with Crippen molar-refractivity contribution in [2.45, 2.75) is 18.6 Å². The first kappa shape index (κ1) is 24.4. The summed E-state index contributed by atoms with van der Waals surface area (Å²) >= 11 is 0. The molecule has 0 radical (unpaired) electrons. The number of aliphatic imine (C=N–C) groups is 1. The van der Waals surface area contributed by atoms with Gasteiger partial charge < -0.3 is 10.6 Å². The number of halogens is 2. The lowest BCUT2D eigenvalue weighted by Gasteiger charge is -2.12. The molecule has 2 rings (SSSR count). The molecule has 28 heavy (non-hydrogen) atoms. The van der Waals surface area contributed by atoms with Gasteiger partial charge in [-0.1, -0.05) is 42.5 Å². The zero-order chi connectivity index (χ0) is 19.5. The Labute approximate surface area is 183 Å². The van der Waals surface area contributed by atoms with Gasteiger partial charge in [-0.25, -0.2) is 12.8 Å². The van der Waals surface area contributed by atoms with E-state index in [1.165, 1.54) is 12.1 Å². The molecule has 0 fully saturated rings. The lowest BCUT2D eigenvalue weighted by atomic mass is 10.1. The number of nitrogens with zero attached hydrogens (tertiary/aromatic N) is 1. The van der Waals surface area contributed by atoms with Gasteiger partial charge in [0.2, 0.25) is 0 Å². The van der Waals surface area contributed by atoms with Crippen molar-refractivity contribution in [3.05, 3.63) is 71.5 Å². The molecule has 0 aliphatic heterocycles. The predicted molar refractivity (Wildman–Crippen MR) is 123 cm³/mol. The Morgan fingerprint density at radius 1 is 1.00 bits per heavy atom. The van der Waals surface area contributed by atoms with E-state index in [2.05, 4.69) is 15.6 Å². The van der Waals surface area contributed by atoms with Crippen molar-refractivity contribution < 1.29 is 12.8 Å². The molecule has 2 aromatic carbocycles. The molecule has 0 bridgehead atoms. The Morgan fingerprint density at radius 2 is 1.68 bits per heavy atom. The summed E-state index contributed by atoms with van der Waals surface area (Å²) in [6, 6.07) is 15.7. The van der Waals surface area contributed by atoms with Crippen LogP contribution < -0.4 is 10.6 Å². The smallest absolute Gasteiger partial charge is 0.190 e. The minimum absolute atomic E-state index is 0. The minimum atomic E-state index is -3.13. The van der Waals surface area contributed by atoms with E-state index >= 15 is 0 Å². The average molecular weight is 519 g/mol. The SMILES string of the molecule is CN=C(NCCCS(=O)(=O)Cc1ccccc1)NCCc1cccc(F)c1.I. The van der Waals surface area contributed by atoms with E-state index < -0.39 is 9.84 Å². The van der Waals surface area contributed by atoms with Crippen molar-refractivity contribution >= 4 is 39.8 Å². The summed E-state index contributed by atoms with van der Waals surface area (Å²) in [6.07, 6.45) is 1.17. The molecule has 0 atom stereocenters. The van der Waals surface area contributed by atoms with Gasteiger partial charge in [-0.05, 0) is 36.1 Å². The van der Waals surface area contributed by atoms with Crippen molar-refractivity contribution in [3.8, 4) is 0 Å². The Morgan fingerprint density at radius 3 is 2.36 bits per heavy atom. The highest BCUT2D eigenvalue weighted by Crippen LogP contribution is 2.07. The number of sulfone groups is 1. The third-order valence-corrected chi connectivity index (χ3v) is 5.66. The van der Waals surface area contributed by atoms with Crippen molar-refractivity contribution in [1.29, 1.82) is 0 Å². The van der Waals surface area contributed by atoms with E-state index in [1.54, 1.807) is 13.1 Å².